The number of carbonyl (C=O) groups excluding carboxylic acids is 1. The average molecular weight is 423 g/mol. The maximum Gasteiger partial charge on any atom is 0.345 e. The van der Waals surface area contributed by atoms with Gasteiger partial charge in [-0.2, -0.15) is 8.42 Å². The minimum Gasteiger partial charge on any atom is -0.497 e. The van der Waals surface area contributed by atoms with Gasteiger partial charge in [0.2, 0.25) is 5.88 Å². The summed E-state index contributed by atoms with van der Waals surface area (Å²) in [5, 5.41) is 5.46. The van der Waals surface area contributed by atoms with Crippen molar-refractivity contribution in [1.82, 2.24) is 9.19 Å². The first-order valence-corrected chi connectivity index (χ1v) is 10.3. The third kappa shape index (κ3) is 3.46. The summed E-state index contributed by atoms with van der Waals surface area (Å²) in [5.41, 5.74) is 6.16. The highest BCUT2D eigenvalue weighted by atomic mass is 32.2. The van der Waals surface area contributed by atoms with Gasteiger partial charge in [0.1, 0.15) is 11.6 Å². The van der Waals surface area contributed by atoms with Crippen LogP contribution < -0.4 is 15.2 Å². The molecular formula is C21H17N3O5S. The van der Waals surface area contributed by atoms with E-state index in [0.717, 1.165) is 5.39 Å². The number of hydrogen-bond donors (Lipinski definition) is 1. The predicted octanol–water partition coefficient (Wildman–Crippen LogP) is 3.08. The summed E-state index contributed by atoms with van der Waals surface area (Å²) in [7, 11) is -2.60. The molecule has 8 nitrogen and oxygen atoms in total. The molecule has 0 bridgehead atoms. The van der Waals surface area contributed by atoms with Crippen LogP contribution in [-0.4, -0.2) is 30.7 Å². The van der Waals surface area contributed by atoms with Crippen LogP contribution in [-0.2, 0) is 10.0 Å². The number of anilines is 1. The third-order valence-electron chi connectivity index (χ3n) is 4.47. The van der Waals surface area contributed by atoms with Gasteiger partial charge in [0.05, 0.1) is 17.6 Å². The molecule has 4 rings (SSSR count). The van der Waals surface area contributed by atoms with E-state index in [1.807, 2.05) is 24.3 Å². The lowest BCUT2D eigenvalue weighted by Gasteiger charge is -2.07. The van der Waals surface area contributed by atoms with Crippen LogP contribution in [0.25, 0.3) is 10.8 Å². The average Bonchev–Trinajstić information content (AvgIpc) is 3.14. The number of esters is 1. The summed E-state index contributed by atoms with van der Waals surface area (Å²) in [5.74, 6) is -0.570. The Kier molecular flexibility index (Phi) is 4.88. The summed E-state index contributed by atoms with van der Waals surface area (Å²) in [6.45, 7) is 0. The molecule has 1 aromatic heterocycles. The maximum atomic E-state index is 12.8. The van der Waals surface area contributed by atoms with Gasteiger partial charge < -0.3 is 15.2 Å². The van der Waals surface area contributed by atoms with E-state index >= 15 is 0 Å². The molecule has 9 heteroatoms. The lowest BCUT2D eigenvalue weighted by atomic mass is 10.1. The Morgan fingerprint density at radius 3 is 2.43 bits per heavy atom. The molecule has 30 heavy (non-hydrogen) atoms. The summed E-state index contributed by atoms with van der Waals surface area (Å²) in [4.78, 5) is 12.6. The second kappa shape index (κ2) is 7.53. The first kappa shape index (κ1) is 19.5. The van der Waals surface area contributed by atoms with Gasteiger partial charge >= 0.3 is 5.97 Å². The van der Waals surface area contributed by atoms with E-state index in [-0.39, 0.29) is 16.6 Å². The number of benzene rings is 3. The number of methoxy groups -OCH3 is 1. The van der Waals surface area contributed by atoms with Crippen LogP contribution in [0.15, 0.2) is 77.7 Å². The number of nitrogens with two attached hydrogens (primary N) is 1. The predicted molar refractivity (Wildman–Crippen MR) is 111 cm³/mol. The van der Waals surface area contributed by atoms with Gasteiger partial charge in [-0.25, -0.2) is 4.79 Å². The number of ether oxygens (including phenoxy) is 2. The van der Waals surface area contributed by atoms with E-state index in [1.165, 1.54) is 37.4 Å². The second-order valence-electron chi connectivity index (χ2n) is 6.35. The molecule has 0 aliphatic heterocycles. The molecule has 0 amide bonds. The number of rotatable bonds is 5. The first-order chi connectivity index (χ1) is 14.4. The topological polar surface area (TPSA) is 114 Å². The van der Waals surface area contributed by atoms with Gasteiger partial charge in [-0.15, -0.1) is 9.19 Å². The molecule has 0 saturated heterocycles. The molecule has 2 N–H and O–H groups in total. The molecule has 0 saturated carbocycles. The lowest BCUT2D eigenvalue weighted by Crippen LogP contribution is -2.17. The van der Waals surface area contributed by atoms with E-state index in [2.05, 4.69) is 5.10 Å². The fraction of sp³-hybridized carbons (Fsp3) is 0.0476. The highest BCUT2D eigenvalue weighted by molar-refractivity contribution is 7.90. The zero-order valence-corrected chi connectivity index (χ0v) is 16.7. The Labute approximate surface area is 172 Å². The van der Waals surface area contributed by atoms with Crippen LogP contribution in [0.4, 0.5) is 5.82 Å². The van der Waals surface area contributed by atoms with Gasteiger partial charge in [0.25, 0.3) is 10.0 Å². The van der Waals surface area contributed by atoms with Gasteiger partial charge in [0.15, 0.2) is 0 Å². The van der Waals surface area contributed by atoms with Gasteiger partial charge in [-0.3, -0.25) is 0 Å². The van der Waals surface area contributed by atoms with E-state index in [4.69, 9.17) is 15.2 Å². The van der Waals surface area contributed by atoms with Crippen LogP contribution >= 0.6 is 0 Å². The van der Waals surface area contributed by atoms with E-state index < -0.39 is 16.0 Å². The van der Waals surface area contributed by atoms with Crippen molar-refractivity contribution in [3.05, 3.63) is 78.4 Å². The highest BCUT2D eigenvalue weighted by Crippen LogP contribution is 2.24. The van der Waals surface area contributed by atoms with Gasteiger partial charge in [-0.05, 0) is 41.1 Å². The third-order valence-corrected chi connectivity index (χ3v) is 6.09. The Balaban J connectivity index is 1.64. The van der Waals surface area contributed by atoms with E-state index in [0.29, 0.717) is 20.8 Å². The Morgan fingerprint density at radius 1 is 1.00 bits per heavy atom. The first-order valence-electron chi connectivity index (χ1n) is 8.85. The maximum absolute atomic E-state index is 12.8. The largest absolute Gasteiger partial charge is 0.497 e. The quantitative estimate of drug-likeness (QED) is 0.491. The van der Waals surface area contributed by atoms with Crippen LogP contribution in [0, 0.1) is 0 Å². The van der Waals surface area contributed by atoms with Crippen molar-refractivity contribution in [2.75, 3.05) is 12.8 Å². The lowest BCUT2D eigenvalue weighted by molar-refractivity contribution is 0.0729. The molecule has 4 aromatic rings. The molecule has 152 valence electrons. The van der Waals surface area contributed by atoms with Crippen molar-refractivity contribution in [1.29, 1.82) is 0 Å². The van der Waals surface area contributed by atoms with Crippen LogP contribution in [0.1, 0.15) is 10.4 Å². The Morgan fingerprint density at radius 2 is 1.70 bits per heavy atom. The Hall–Kier alpha value is -3.85. The van der Waals surface area contributed by atoms with Crippen molar-refractivity contribution in [3.8, 4) is 11.6 Å². The van der Waals surface area contributed by atoms with Crippen molar-refractivity contribution >= 4 is 32.6 Å². The molecule has 0 fully saturated rings. The number of hydrogen-bond acceptors (Lipinski definition) is 7. The van der Waals surface area contributed by atoms with Gasteiger partial charge in [0, 0.05) is 6.07 Å². The van der Waals surface area contributed by atoms with Gasteiger partial charge in [-0.1, -0.05) is 36.4 Å². The normalized spacial score (nSPS) is 11.4. The van der Waals surface area contributed by atoms with Crippen molar-refractivity contribution in [2.45, 2.75) is 4.90 Å². The minimum absolute atomic E-state index is 0.0370. The van der Waals surface area contributed by atoms with E-state index in [1.54, 1.807) is 18.2 Å². The molecule has 3 aromatic carbocycles. The SMILES string of the molecule is COc1ccc(S(=O)(=O)n2nc(OC(=O)c3cccc4ccccc34)cc2N)cc1. The van der Waals surface area contributed by atoms with E-state index in [9.17, 15) is 13.2 Å². The van der Waals surface area contributed by atoms with Crippen LogP contribution in [0.3, 0.4) is 0 Å². The summed E-state index contributed by atoms with van der Waals surface area (Å²) in [6.07, 6.45) is 0. The second-order valence-corrected chi connectivity index (χ2v) is 8.11. The summed E-state index contributed by atoms with van der Waals surface area (Å²) < 4.78 is 36.6. The molecule has 0 radical (unpaired) electrons. The molecule has 1 heterocycles. The highest BCUT2D eigenvalue weighted by Gasteiger charge is 2.23. The number of aromatic nitrogens is 2. The van der Waals surface area contributed by atoms with Crippen LogP contribution in [0.5, 0.6) is 11.6 Å². The molecule has 0 spiro atoms. The standard InChI is InChI=1S/C21H17N3O5S/c1-28-15-9-11-16(12-10-15)30(26,27)24-19(22)13-20(23-24)29-21(25)18-8-4-6-14-5-2-3-7-17(14)18/h2-13H,22H2,1H3. The fourth-order valence-electron chi connectivity index (χ4n) is 3.00. The monoisotopic (exact) mass is 423 g/mol. The molecule has 0 atom stereocenters. The number of carbonyl (C=O) groups is 1. The van der Waals surface area contributed by atoms with Crippen molar-refractivity contribution in [2.24, 2.45) is 0 Å². The smallest absolute Gasteiger partial charge is 0.345 e. The summed E-state index contributed by atoms with van der Waals surface area (Å²) >= 11 is 0. The number of fused-ring (bicyclic) bond motifs is 1. The summed E-state index contributed by atoms with van der Waals surface area (Å²) in [6, 6.07) is 19.5. The Bertz CT molecular complexity index is 1340. The van der Waals surface area contributed by atoms with Crippen LogP contribution in [0.2, 0.25) is 0 Å². The number of nitrogen functional groups attached to an aromatic ring is 1. The molecule has 0 aliphatic rings. The minimum atomic E-state index is -4.08. The molecule has 0 aliphatic carbocycles. The number of nitrogens with zero attached hydrogens (tertiary/aromatic N) is 2. The van der Waals surface area contributed by atoms with Crippen molar-refractivity contribution in [3.63, 3.8) is 0 Å². The fourth-order valence-corrected chi connectivity index (χ4v) is 4.20. The zero-order chi connectivity index (χ0) is 21.3. The molecule has 0 unspecified atom stereocenters. The zero-order valence-electron chi connectivity index (χ0n) is 15.8. The molecular weight excluding hydrogens is 406 g/mol. The van der Waals surface area contributed by atoms with Crippen molar-refractivity contribution < 1.29 is 22.7 Å².